The highest BCUT2D eigenvalue weighted by Crippen LogP contribution is 2.30. The molecule has 3 heterocycles. The minimum Gasteiger partial charge on any atom is -0.490 e. The van der Waals surface area contributed by atoms with E-state index in [9.17, 15) is 9.59 Å². The molecule has 4 rings (SSSR count). The van der Waals surface area contributed by atoms with E-state index in [0.29, 0.717) is 13.1 Å². The number of rotatable bonds is 5. The molecule has 0 radical (unpaired) electrons. The predicted octanol–water partition coefficient (Wildman–Crippen LogP) is 2.88. The van der Waals surface area contributed by atoms with Crippen LogP contribution in [0.3, 0.4) is 0 Å². The molecule has 0 bridgehead atoms. The minimum atomic E-state index is -0.378. The number of aromatic nitrogens is 2. The van der Waals surface area contributed by atoms with Crippen molar-refractivity contribution in [3.63, 3.8) is 0 Å². The maximum atomic E-state index is 12.8. The monoisotopic (exact) mass is 412 g/mol. The normalized spacial score (nSPS) is 15.0. The number of primary amides is 1. The summed E-state index contributed by atoms with van der Waals surface area (Å²) in [5.41, 5.74) is 7.06. The SMILES string of the molecule is Cc1nc(C)c(C(=O)N2CCC(Oc3cccc4c3ccn4CC(N)=O)CC2)s1. The van der Waals surface area contributed by atoms with Crippen LogP contribution in [0.5, 0.6) is 5.75 Å². The summed E-state index contributed by atoms with van der Waals surface area (Å²) in [5, 5.41) is 1.88. The van der Waals surface area contributed by atoms with E-state index < -0.39 is 0 Å². The molecule has 1 aliphatic heterocycles. The lowest BCUT2D eigenvalue weighted by atomic mass is 10.1. The molecule has 0 aliphatic carbocycles. The van der Waals surface area contributed by atoms with Crippen LogP contribution in [0.4, 0.5) is 0 Å². The zero-order valence-electron chi connectivity index (χ0n) is 16.6. The van der Waals surface area contributed by atoms with Gasteiger partial charge in [-0.25, -0.2) is 4.98 Å². The van der Waals surface area contributed by atoms with E-state index in [0.717, 1.165) is 45.1 Å². The Morgan fingerprint density at radius 2 is 2.00 bits per heavy atom. The maximum absolute atomic E-state index is 12.8. The first kappa shape index (κ1) is 19.4. The van der Waals surface area contributed by atoms with Gasteiger partial charge in [-0.15, -0.1) is 11.3 Å². The highest BCUT2D eigenvalue weighted by Gasteiger charge is 2.27. The summed E-state index contributed by atoms with van der Waals surface area (Å²) in [6.07, 6.45) is 3.46. The lowest BCUT2D eigenvalue weighted by molar-refractivity contribution is -0.118. The zero-order valence-corrected chi connectivity index (χ0v) is 17.4. The minimum absolute atomic E-state index is 0.0495. The quantitative estimate of drug-likeness (QED) is 0.698. The number of hydrogen-bond acceptors (Lipinski definition) is 5. The van der Waals surface area contributed by atoms with Crippen LogP contribution in [0, 0.1) is 13.8 Å². The van der Waals surface area contributed by atoms with Gasteiger partial charge in [0.15, 0.2) is 0 Å². The summed E-state index contributed by atoms with van der Waals surface area (Å²) in [6, 6.07) is 7.76. The number of benzene rings is 1. The van der Waals surface area contributed by atoms with Crippen LogP contribution in [0.25, 0.3) is 10.9 Å². The molecule has 0 spiro atoms. The molecule has 1 saturated heterocycles. The summed E-state index contributed by atoms with van der Waals surface area (Å²) in [6.45, 7) is 5.28. The van der Waals surface area contributed by atoms with Crippen LogP contribution in [0.2, 0.25) is 0 Å². The Hall–Kier alpha value is -2.87. The average Bonchev–Trinajstić information content (AvgIpc) is 3.24. The van der Waals surface area contributed by atoms with Gasteiger partial charge in [0.2, 0.25) is 5.91 Å². The van der Waals surface area contributed by atoms with Crippen LogP contribution in [0.15, 0.2) is 30.5 Å². The Labute approximate surface area is 173 Å². The fraction of sp³-hybridized carbons (Fsp3) is 0.381. The Kier molecular flexibility index (Phi) is 5.27. The van der Waals surface area contributed by atoms with Crippen molar-refractivity contribution in [2.45, 2.75) is 39.3 Å². The maximum Gasteiger partial charge on any atom is 0.265 e. The van der Waals surface area contributed by atoms with Gasteiger partial charge >= 0.3 is 0 Å². The number of amides is 2. The highest BCUT2D eigenvalue weighted by molar-refractivity contribution is 7.13. The Balaban J connectivity index is 1.42. The number of nitrogens with two attached hydrogens (primary N) is 1. The first-order valence-corrected chi connectivity index (χ1v) is 10.5. The van der Waals surface area contributed by atoms with Crippen molar-refractivity contribution < 1.29 is 14.3 Å². The predicted molar refractivity (Wildman–Crippen MR) is 112 cm³/mol. The van der Waals surface area contributed by atoms with Crippen LogP contribution in [-0.2, 0) is 11.3 Å². The van der Waals surface area contributed by atoms with E-state index >= 15 is 0 Å². The number of likely N-dealkylation sites (tertiary alicyclic amines) is 1. The second kappa shape index (κ2) is 7.87. The second-order valence-electron chi connectivity index (χ2n) is 7.36. The fourth-order valence-corrected chi connectivity index (χ4v) is 4.72. The second-order valence-corrected chi connectivity index (χ2v) is 8.56. The summed E-state index contributed by atoms with van der Waals surface area (Å²) < 4.78 is 8.10. The Morgan fingerprint density at radius 3 is 2.66 bits per heavy atom. The first-order valence-electron chi connectivity index (χ1n) is 9.68. The summed E-state index contributed by atoms with van der Waals surface area (Å²) in [7, 11) is 0. The van der Waals surface area contributed by atoms with Crippen molar-refractivity contribution in [2.24, 2.45) is 5.73 Å². The highest BCUT2D eigenvalue weighted by atomic mass is 32.1. The lowest BCUT2D eigenvalue weighted by Crippen LogP contribution is -2.41. The van der Waals surface area contributed by atoms with Crippen molar-refractivity contribution in [1.29, 1.82) is 0 Å². The molecule has 29 heavy (non-hydrogen) atoms. The molecule has 2 aromatic heterocycles. The molecule has 152 valence electrons. The number of ether oxygens (including phenoxy) is 1. The van der Waals surface area contributed by atoms with Gasteiger partial charge in [-0.2, -0.15) is 0 Å². The molecule has 0 atom stereocenters. The number of fused-ring (bicyclic) bond motifs is 1. The fourth-order valence-electron chi connectivity index (χ4n) is 3.83. The smallest absolute Gasteiger partial charge is 0.265 e. The van der Waals surface area contributed by atoms with Gasteiger partial charge in [0.05, 0.1) is 16.2 Å². The Bertz CT molecular complexity index is 1060. The van der Waals surface area contributed by atoms with E-state index in [1.165, 1.54) is 11.3 Å². The van der Waals surface area contributed by atoms with Crippen LogP contribution >= 0.6 is 11.3 Å². The topological polar surface area (TPSA) is 90.5 Å². The molecule has 1 aliphatic rings. The number of carbonyl (C=O) groups is 2. The molecule has 2 N–H and O–H groups in total. The van der Waals surface area contributed by atoms with Gasteiger partial charge in [0.1, 0.15) is 23.3 Å². The third-order valence-electron chi connectivity index (χ3n) is 5.22. The van der Waals surface area contributed by atoms with E-state index in [2.05, 4.69) is 4.98 Å². The van der Waals surface area contributed by atoms with Gasteiger partial charge in [0.25, 0.3) is 5.91 Å². The Morgan fingerprint density at radius 1 is 1.24 bits per heavy atom. The molecule has 2 amide bonds. The van der Waals surface area contributed by atoms with Gasteiger partial charge in [0, 0.05) is 37.5 Å². The molecule has 7 nitrogen and oxygen atoms in total. The molecular weight excluding hydrogens is 388 g/mol. The van der Waals surface area contributed by atoms with Crippen LogP contribution in [-0.4, -0.2) is 45.5 Å². The van der Waals surface area contributed by atoms with Crippen molar-refractivity contribution in [1.82, 2.24) is 14.5 Å². The number of nitrogens with zero attached hydrogens (tertiary/aromatic N) is 3. The molecule has 1 aromatic carbocycles. The van der Waals surface area contributed by atoms with Gasteiger partial charge in [-0.05, 0) is 32.0 Å². The van der Waals surface area contributed by atoms with Gasteiger partial charge in [-0.3, -0.25) is 9.59 Å². The van der Waals surface area contributed by atoms with Crippen molar-refractivity contribution in [3.05, 3.63) is 46.0 Å². The average molecular weight is 413 g/mol. The van der Waals surface area contributed by atoms with E-state index in [1.807, 2.05) is 53.8 Å². The number of piperidine rings is 1. The van der Waals surface area contributed by atoms with Crippen molar-refractivity contribution >= 4 is 34.1 Å². The molecule has 8 heteroatoms. The van der Waals surface area contributed by atoms with E-state index in [1.54, 1.807) is 0 Å². The van der Waals surface area contributed by atoms with Crippen molar-refractivity contribution in [3.8, 4) is 5.75 Å². The third-order valence-corrected chi connectivity index (χ3v) is 6.28. The largest absolute Gasteiger partial charge is 0.490 e. The summed E-state index contributed by atoms with van der Waals surface area (Å²) in [4.78, 5) is 31.0. The molecule has 0 unspecified atom stereocenters. The van der Waals surface area contributed by atoms with Gasteiger partial charge < -0.3 is 19.9 Å². The van der Waals surface area contributed by atoms with Crippen LogP contribution < -0.4 is 10.5 Å². The van der Waals surface area contributed by atoms with Crippen molar-refractivity contribution in [2.75, 3.05) is 13.1 Å². The van der Waals surface area contributed by atoms with Crippen LogP contribution in [0.1, 0.15) is 33.2 Å². The lowest BCUT2D eigenvalue weighted by Gasteiger charge is -2.32. The first-order chi connectivity index (χ1) is 13.9. The molecule has 0 saturated carbocycles. The number of hydrogen-bond donors (Lipinski definition) is 1. The molecular formula is C21H24N4O3S. The van der Waals surface area contributed by atoms with E-state index in [-0.39, 0.29) is 24.5 Å². The summed E-state index contributed by atoms with van der Waals surface area (Å²) >= 11 is 1.46. The molecule has 1 fully saturated rings. The number of aryl methyl sites for hydroxylation is 2. The number of thiazole rings is 1. The van der Waals surface area contributed by atoms with Gasteiger partial charge in [-0.1, -0.05) is 6.07 Å². The standard InChI is InChI=1S/C21H24N4O3S/c1-13-20(29-14(2)23-13)21(27)24-9-6-15(7-10-24)28-18-5-3-4-17-16(18)8-11-25(17)12-19(22)26/h3-5,8,11,15H,6-7,9-10,12H2,1-2H3,(H2,22,26). The summed E-state index contributed by atoms with van der Waals surface area (Å²) in [5.74, 6) is 0.485. The van der Waals surface area contributed by atoms with E-state index in [4.69, 9.17) is 10.5 Å². The third kappa shape index (κ3) is 3.98. The molecule has 3 aromatic rings. The number of carbonyl (C=O) groups excluding carboxylic acids is 2. The zero-order chi connectivity index (χ0) is 20.5.